The highest BCUT2D eigenvalue weighted by Gasteiger charge is 2.47. The Labute approximate surface area is 279 Å². The van der Waals surface area contributed by atoms with Gasteiger partial charge in [0.15, 0.2) is 0 Å². The minimum absolute atomic E-state index is 0.131. The van der Waals surface area contributed by atoms with Crippen LogP contribution in [0.3, 0.4) is 0 Å². The van der Waals surface area contributed by atoms with Crippen molar-refractivity contribution in [2.75, 3.05) is 26.2 Å². The lowest BCUT2D eigenvalue weighted by Crippen LogP contribution is -2.43. The number of hydrogen-bond acceptors (Lipinski definition) is 10. The Morgan fingerprint density at radius 3 is 1.49 bits per heavy atom. The molecular formula is C35H57NO11. The van der Waals surface area contributed by atoms with E-state index in [0.717, 1.165) is 45.3 Å². The SMILES string of the molecule is CCN(CC)CCOC(=O)C1(C2CCCCC2)CCCCC1.O=C(O)C1CCCCC1C(=O)OOOC(=O)C1CCCCC1C(=O)O. The molecule has 47 heavy (non-hydrogen) atoms. The van der Waals surface area contributed by atoms with Crippen LogP contribution in [-0.2, 0) is 43.5 Å². The number of aliphatic carboxylic acids is 2. The second kappa shape index (κ2) is 19.9. The van der Waals surface area contributed by atoms with Gasteiger partial charge in [0.2, 0.25) is 0 Å². The molecule has 0 saturated heterocycles. The van der Waals surface area contributed by atoms with Gasteiger partial charge < -0.3 is 19.8 Å². The van der Waals surface area contributed by atoms with Gasteiger partial charge in [-0.2, -0.15) is 0 Å². The molecule has 0 spiro atoms. The number of carbonyl (C=O) groups excluding carboxylic acids is 3. The van der Waals surface area contributed by atoms with Gasteiger partial charge in [0, 0.05) is 11.6 Å². The van der Waals surface area contributed by atoms with E-state index in [2.05, 4.69) is 33.6 Å². The van der Waals surface area contributed by atoms with Crippen molar-refractivity contribution in [1.82, 2.24) is 4.90 Å². The Kier molecular flexibility index (Phi) is 16.4. The highest BCUT2D eigenvalue weighted by molar-refractivity contribution is 5.82. The first-order valence-electron chi connectivity index (χ1n) is 18.1. The molecule has 0 heterocycles. The number of esters is 1. The number of carboxylic acids is 2. The third-order valence-electron chi connectivity index (χ3n) is 11.1. The number of ether oxygens (including phenoxy) is 1. The zero-order valence-electron chi connectivity index (χ0n) is 28.5. The number of nitrogens with zero attached hydrogens (tertiary/aromatic N) is 1. The van der Waals surface area contributed by atoms with Gasteiger partial charge in [-0.3, -0.25) is 24.2 Å². The van der Waals surface area contributed by atoms with E-state index in [-0.39, 0.29) is 11.4 Å². The summed E-state index contributed by atoms with van der Waals surface area (Å²) in [6.45, 7) is 7.82. The van der Waals surface area contributed by atoms with E-state index in [4.69, 9.17) is 14.9 Å². The summed E-state index contributed by atoms with van der Waals surface area (Å²) >= 11 is 0. The lowest BCUT2D eigenvalue weighted by Gasteiger charge is -2.43. The number of likely N-dealkylation sites (N-methyl/N-ethyl adjacent to an activating group) is 1. The predicted octanol–water partition coefficient (Wildman–Crippen LogP) is 6.10. The summed E-state index contributed by atoms with van der Waals surface area (Å²) in [7, 11) is 0. The Bertz CT molecular complexity index is 971. The van der Waals surface area contributed by atoms with Crippen LogP contribution in [0.4, 0.5) is 0 Å². The first-order chi connectivity index (χ1) is 22.6. The lowest BCUT2D eigenvalue weighted by atomic mass is 9.62. The summed E-state index contributed by atoms with van der Waals surface area (Å²) < 4.78 is 5.79. The maximum Gasteiger partial charge on any atom is 0.350 e. The Hall–Kier alpha value is -2.73. The Morgan fingerprint density at radius 2 is 1.04 bits per heavy atom. The fourth-order valence-electron chi connectivity index (χ4n) is 8.19. The molecule has 0 aromatic carbocycles. The van der Waals surface area contributed by atoms with Crippen molar-refractivity contribution in [1.29, 1.82) is 0 Å². The summed E-state index contributed by atoms with van der Waals surface area (Å²) in [4.78, 5) is 70.3. The van der Waals surface area contributed by atoms with Crippen molar-refractivity contribution in [2.45, 2.75) is 129 Å². The van der Waals surface area contributed by atoms with Crippen LogP contribution in [0.25, 0.3) is 0 Å². The van der Waals surface area contributed by atoms with E-state index < -0.39 is 47.5 Å². The summed E-state index contributed by atoms with van der Waals surface area (Å²) in [5.41, 5.74) is -0.137. The number of rotatable bonds is 13. The van der Waals surface area contributed by atoms with Crippen LogP contribution < -0.4 is 0 Å². The molecule has 4 saturated carbocycles. The second-order valence-corrected chi connectivity index (χ2v) is 13.8. The van der Waals surface area contributed by atoms with E-state index in [1.54, 1.807) is 0 Å². The fourth-order valence-corrected chi connectivity index (χ4v) is 8.19. The summed E-state index contributed by atoms with van der Waals surface area (Å²) in [6.07, 6.45) is 16.6. The van der Waals surface area contributed by atoms with Gasteiger partial charge in [0.1, 0.15) is 6.61 Å². The third-order valence-corrected chi connectivity index (χ3v) is 11.1. The molecular weight excluding hydrogens is 610 g/mol. The van der Waals surface area contributed by atoms with Gasteiger partial charge in [-0.1, -0.05) is 78.1 Å². The van der Waals surface area contributed by atoms with E-state index in [9.17, 15) is 24.0 Å². The van der Waals surface area contributed by atoms with Crippen LogP contribution in [0.2, 0.25) is 0 Å². The molecule has 0 radical (unpaired) electrons. The summed E-state index contributed by atoms with van der Waals surface area (Å²) in [5, 5.41) is 22.5. The molecule has 2 N–H and O–H groups in total. The molecule has 4 fully saturated rings. The molecule has 268 valence electrons. The Balaban J connectivity index is 0.000000257. The Morgan fingerprint density at radius 1 is 0.617 bits per heavy atom. The molecule has 12 heteroatoms. The van der Waals surface area contributed by atoms with Crippen LogP contribution in [-0.4, -0.2) is 71.2 Å². The maximum atomic E-state index is 12.9. The van der Waals surface area contributed by atoms with Gasteiger partial charge in [-0.05, 0) is 70.4 Å². The molecule has 0 aromatic rings. The quantitative estimate of drug-likeness (QED) is 0.132. The summed E-state index contributed by atoms with van der Waals surface area (Å²) in [6, 6.07) is 0. The third kappa shape index (κ3) is 11.2. The number of carbonyl (C=O) groups is 5. The zero-order valence-corrected chi connectivity index (χ0v) is 28.5. The van der Waals surface area contributed by atoms with Gasteiger partial charge in [-0.25, -0.2) is 9.59 Å². The van der Waals surface area contributed by atoms with Crippen molar-refractivity contribution < 1.29 is 53.7 Å². The van der Waals surface area contributed by atoms with Crippen molar-refractivity contribution in [3.63, 3.8) is 0 Å². The summed E-state index contributed by atoms with van der Waals surface area (Å²) in [5.74, 6) is -6.66. The first kappa shape index (κ1) is 38.7. The van der Waals surface area contributed by atoms with Crippen LogP contribution in [0.5, 0.6) is 0 Å². The van der Waals surface area contributed by atoms with Gasteiger partial charge in [0.05, 0.1) is 29.1 Å². The average Bonchev–Trinajstić information content (AvgIpc) is 3.10. The molecule has 0 aliphatic heterocycles. The highest BCUT2D eigenvalue weighted by atomic mass is 17.5. The highest BCUT2D eigenvalue weighted by Crippen LogP contribution is 2.49. The monoisotopic (exact) mass is 667 g/mol. The van der Waals surface area contributed by atoms with Crippen molar-refractivity contribution in [3.8, 4) is 0 Å². The van der Waals surface area contributed by atoms with Gasteiger partial charge >= 0.3 is 29.8 Å². The molecule has 0 bridgehead atoms. The van der Waals surface area contributed by atoms with Gasteiger partial charge in [0.25, 0.3) is 0 Å². The zero-order chi connectivity index (χ0) is 34.2. The fraction of sp³-hybridized carbons (Fsp3) is 0.857. The predicted molar refractivity (Wildman–Crippen MR) is 170 cm³/mol. The van der Waals surface area contributed by atoms with Crippen LogP contribution in [0.1, 0.15) is 129 Å². The number of carboxylic acid groups (broad SMARTS) is 2. The molecule has 4 rings (SSSR count). The lowest BCUT2D eigenvalue weighted by molar-refractivity contribution is -0.462. The molecule has 0 amide bonds. The van der Waals surface area contributed by atoms with E-state index in [1.165, 1.54) is 51.4 Å². The smallest absolute Gasteiger partial charge is 0.350 e. The maximum absolute atomic E-state index is 12.9. The molecule has 0 aromatic heterocycles. The van der Waals surface area contributed by atoms with Crippen molar-refractivity contribution >= 4 is 29.8 Å². The van der Waals surface area contributed by atoms with Crippen molar-refractivity contribution in [2.24, 2.45) is 35.0 Å². The second-order valence-electron chi connectivity index (χ2n) is 13.8. The standard InChI is InChI=1S/C19H35NO2.C16H22O9/c1-3-20(4-2)15-16-22-18(21)19(13-9-6-10-14-19)17-11-7-5-8-12-17;17-13(18)9-5-1-3-7-11(9)15(21)23-25-24-16(22)12-8-4-2-6-10(12)14(19)20/h17H,3-16H2,1-2H3;9-12H,1-8H2,(H,17,18)(H,19,20). The topological polar surface area (TPSA) is 166 Å². The minimum atomic E-state index is -1.08. The largest absolute Gasteiger partial charge is 0.481 e. The van der Waals surface area contributed by atoms with E-state index in [0.29, 0.717) is 51.0 Å². The molecule has 12 nitrogen and oxygen atoms in total. The van der Waals surface area contributed by atoms with Gasteiger partial charge in [-0.15, -0.1) is 0 Å². The normalized spacial score (nSPS) is 26.3. The molecule has 4 aliphatic carbocycles. The van der Waals surface area contributed by atoms with Crippen LogP contribution in [0.15, 0.2) is 0 Å². The molecule has 4 unspecified atom stereocenters. The van der Waals surface area contributed by atoms with E-state index >= 15 is 0 Å². The molecule has 4 atom stereocenters. The first-order valence-corrected chi connectivity index (χ1v) is 18.1. The van der Waals surface area contributed by atoms with Crippen molar-refractivity contribution in [3.05, 3.63) is 0 Å². The van der Waals surface area contributed by atoms with Crippen LogP contribution >= 0.6 is 0 Å². The average molecular weight is 668 g/mol. The number of hydrogen-bond donors (Lipinski definition) is 2. The minimum Gasteiger partial charge on any atom is -0.481 e. The molecule has 4 aliphatic rings. The van der Waals surface area contributed by atoms with E-state index in [1.807, 2.05) is 0 Å². The van der Waals surface area contributed by atoms with Crippen LogP contribution in [0, 0.1) is 35.0 Å².